The Bertz CT molecular complexity index is 737. The second kappa shape index (κ2) is 6.43. The van der Waals surface area contributed by atoms with E-state index in [0.29, 0.717) is 19.4 Å². The summed E-state index contributed by atoms with van der Waals surface area (Å²) in [5.41, 5.74) is -1.60. The highest BCUT2D eigenvalue weighted by Gasteiger charge is 2.27. The highest BCUT2D eigenvalue weighted by atomic mass is 19.2. The van der Waals surface area contributed by atoms with Crippen molar-refractivity contribution in [3.8, 4) is 11.5 Å². The van der Waals surface area contributed by atoms with Crippen LogP contribution in [0.5, 0.6) is 11.5 Å². The van der Waals surface area contributed by atoms with Gasteiger partial charge in [0.2, 0.25) is 18.9 Å². The third-order valence-electron chi connectivity index (χ3n) is 3.00. The van der Waals surface area contributed by atoms with E-state index in [0.717, 1.165) is 14.2 Å². The minimum Gasteiger partial charge on any atom is -0.494 e. The lowest BCUT2D eigenvalue weighted by molar-refractivity contribution is 0.335. The van der Waals surface area contributed by atoms with Gasteiger partial charge in [0.25, 0.3) is 0 Å². The lowest BCUT2D eigenvalue weighted by atomic mass is 9.63. The first kappa shape index (κ1) is 17.0. The molecule has 2 nitrogen and oxygen atoms in total. The van der Waals surface area contributed by atoms with Gasteiger partial charge in [-0.05, 0) is 17.0 Å². The molecule has 0 fully saturated rings. The van der Waals surface area contributed by atoms with Crippen LogP contribution in [0.3, 0.4) is 0 Å². The van der Waals surface area contributed by atoms with Crippen molar-refractivity contribution >= 4 is 18.2 Å². The third kappa shape index (κ3) is 2.95. The summed E-state index contributed by atoms with van der Waals surface area (Å²) in [6.07, 6.45) is 0. The van der Waals surface area contributed by atoms with Crippen molar-refractivity contribution in [1.82, 2.24) is 0 Å². The van der Waals surface area contributed by atoms with Crippen LogP contribution in [-0.4, -0.2) is 21.5 Å². The Balaban J connectivity index is 2.62. The fourth-order valence-corrected chi connectivity index (χ4v) is 1.99. The molecule has 0 atom stereocenters. The predicted octanol–water partition coefficient (Wildman–Crippen LogP) is 2.19. The van der Waals surface area contributed by atoms with Gasteiger partial charge < -0.3 is 9.47 Å². The van der Waals surface area contributed by atoms with E-state index in [1.165, 1.54) is 0 Å². The zero-order chi connectivity index (χ0) is 17.3. The molecule has 0 unspecified atom stereocenters. The van der Waals surface area contributed by atoms with Crippen LogP contribution in [-0.2, 0) is 0 Å². The van der Waals surface area contributed by atoms with Gasteiger partial charge in [-0.15, -0.1) is 0 Å². The monoisotopic (exact) mass is 333 g/mol. The first-order valence-corrected chi connectivity index (χ1v) is 6.09. The van der Waals surface area contributed by atoms with Gasteiger partial charge in [-0.3, -0.25) is 0 Å². The van der Waals surface area contributed by atoms with Crippen molar-refractivity contribution in [3.05, 3.63) is 47.0 Å². The summed E-state index contributed by atoms with van der Waals surface area (Å²) >= 11 is 0. The maximum absolute atomic E-state index is 13.9. The standard InChI is InChI=1S/C14H8BF6O2/c1-22-13-6(3-5(16)4-7(13)17)15-8-9(18)11(20)14(23-2)12(21)10(8)19/h3-4H,1-2H3. The number of ether oxygens (including phenoxy) is 2. The SMILES string of the molecule is COc1c(F)cc(F)cc1[B]c1c(F)c(F)c(OC)c(F)c1F. The van der Waals surface area contributed by atoms with E-state index in [1.807, 2.05) is 0 Å². The maximum atomic E-state index is 13.9. The highest BCUT2D eigenvalue weighted by Crippen LogP contribution is 2.25. The molecule has 0 aliphatic heterocycles. The number of methoxy groups -OCH3 is 2. The average molecular weight is 333 g/mol. The Morgan fingerprint density at radius 3 is 1.74 bits per heavy atom. The summed E-state index contributed by atoms with van der Waals surface area (Å²) in [7, 11) is 2.39. The number of hydrogen-bond acceptors (Lipinski definition) is 2. The second-order valence-corrected chi connectivity index (χ2v) is 4.36. The van der Waals surface area contributed by atoms with E-state index in [-0.39, 0.29) is 0 Å². The van der Waals surface area contributed by atoms with E-state index in [2.05, 4.69) is 9.47 Å². The van der Waals surface area contributed by atoms with E-state index >= 15 is 0 Å². The molecule has 0 saturated carbocycles. The van der Waals surface area contributed by atoms with Crippen LogP contribution in [0.15, 0.2) is 12.1 Å². The van der Waals surface area contributed by atoms with Crippen LogP contribution >= 0.6 is 0 Å². The topological polar surface area (TPSA) is 18.5 Å². The lowest BCUT2D eigenvalue weighted by Crippen LogP contribution is -2.35. The lowest BCUT2D eigenvalue weighted by Gasteiger charge is -2.13. The van der Waals surface area contributed by atoms with Gasteiger partial charge in [0.05, 0.1) is 14.2 Å². The number of rotatable bonds is 4. The van der Waals surface area contributed by atoms with Crippen molar-refractivity contribution in [3.63, 3.8) is 0 Å². The zero-order valence-corrected chi connectivity index (χ0v) is 11.8. The van der Waals surface area contributed by atoms with Gasteiger partial charge in [0.15, 0.2) is 23.2 Å². The number of benzene rings is 2. The molecule has 0 aliphatic carbocycles. The summed E-state index contributed by atoms with van der Waals surface area (Å²) in [5, 5.41) is 0. The van der Waals surface area contributed by atoms with Gasteiger partial charge in [-0.25, -0.2) is 17.6 Å². The van der Waals surface area contributed by atoms with Crippen molar-refractivity contribution in [2.75, 3.05) is 14.2 Å². The summed E-state index contributed by atoms with van der Waals surface area (Å²) in [6.45, 7) is 0. The predicted molar refractivity (Wildman–Crippen MR) is 70.8 cm³/mol. The molecule has 0 N–H and O–H groups in total. The Morgan fingerprint density at radius 2 is 1.26 bits per heavy atom. The van der Waals surface area contributed by atoms with Crippen molar-refractivity contribution in [2.45, 2.75) is 0 Å². The van der Waals surface area contributed by atoms with Gasteiger partial charge in [0.1, 0.15) is 11.6 Å². The molecule has 0 aromatic heterocycles. The molecule has 0 aliphatic rings. The van der Waals surface area contributed by atoms with Crippen LogP contribution in [0.1, 0.15) is 0 Å². The summed E-state index contributed by atoms with van der Waals surface area (Å²) in [5.74, 6) is -11.1. The van der Waals surface area contributed by atoms with Crippen LogP contribution < -0.4 is 20.4 Å². The second-order valence-electron chi connectivity index (χ2n) is 4.36. The molecule has 0 heterocycles. The zero-order valence-electron chi connectivity index (χ0n) is 11.8. The van der Waals surface area contributed by atoms with E-state index in [1.54, 1.807) is 0 Å². The van der Waals surface area contributed by atoms with Crippen LogP contribution in [0.2, 0.25) is 0 Å². The minimum absolute atomic E-state index is 0.438. The van der Waals surface area contributed by atoms with Gasteiger partial charge >= 0.3 is 0 Å². The molecule has 23 heavy (non-hydrogen) atoms. The normalized spacial score (nSPS) is 10.6. The molecule has 0 saturated heterocycles. The smallest absolute Gasteiger partial charge is 0.204 e. The molecule has 0 amide bonds. The minimum atomic E-state index is -1.77. The molecule has 2 rings (SSSR count). The van der Waals surface area contributed by atoms with Crippen molar-refractivity contribution < 1.29 is 35.8 Å². The van der Waals surface area contributed by atoms with Crippen LogP contribution in [0.4, 0.5) is 26.3 Å². The fourth-order valence-electron chi connectivity index (χ4n) is 1.99. The largest absolute Gasteiger partial charge is 0.494 e. The Labute approximate surface area is 127 Å². The summed E-state index contributed by atoms with van der Waals surface area (Å²) < 4.78 is 90.8. The third-order valence-corrected chi connectivity index (χ3v) is 3.00. The van der Waals surface area contributed by atoms with E-state index in [4.69, 9.17) is 0 Å². The van der Waals surface area contributed by atoms with Crippen molar-refractivity contribution in [1.29, 1.82) is 0 Å². The Kier molecular flexibility index (Phi) is 4.77. The first-order valence-electron chi connectivity index (χ1n) is 6.09. The molecule has 1 radical (unpaired) electrons. The molecule has 9 heteroatoms. The number of halogens is 6. The highest BCUT2D eigenvalue weighted by molar-refractivity contribution is 6.68. The van der Waals surface area contributed by atoms with E-state index in [9.17, 15) is 26.3 Å². The van der Waals surface area contributed by atoms with E-state index < -0.39 is 57.3 Å². The molecule has 121 valence electrons. The fraction of sp³-hybridized carbons (Fsp3) is 0.143. The summed E-state index contributed by atoms with van der Waals surface area (Å²) in [4.78, 5) is 0. The molecule has 2 aromatic carbocycles. The maximum Gasteiger partial charge on any atom is 0.204 e. The number of hydrogen-bond donors (Lipinski definition) is 0. The quantitative estimate of drug-likeness (QED) is 0.485. The molecule has 0 bridgehead atoms. The average Bonchev–Trinajstić information content (AvgIpc) is 2.50. The van der Waals surface area contributed by atoms with Gasteiger partial charge in [-0.1, -0.05) is 0 Å². The van der Waals surface area contributed by atoms with Crippen LogP contribution in [0.25, 0.3) is 0 Å². The van der Waals surface area contributed by atoms with Gasteiger partial charge in [-0.2, -0.15) is 8.78 Å². The molecule has 0 spiro atoms. The molecular formula is C14H8BF6O2. The van der Waals surface area contributed by atoms with Crippen LogP contribution in [0, 0.1) is 34.9 Å². The molecular weight excluding hydrogens is 325 g/mol. The Hall–Kier alpha value is -2.32. The summed E-state index contributed by atoms with van der Waals surface area (Å²) in [6, 6.07) is 1.18. The first-order chi connectivity index (χ1) is 10.8. The van der Waals surface area contributed by atoms with Gasteiger partial charge in [0, 0.05) is 6.07 Å². The molecule has 2 aromatic rings. The van der Waals surface area contributed by atoms with Crippen molar-refractivity contribution in [2.24, 2.45) is 0 Å². The Morgan fingerprint density at radius 1 is 0.739 bits per heavy atom.